The van der Waals surface area contributed by atoms with Gasteiger partial charge in [-0.3, -0.25) is 14.9 Å². The molecule has 0 bridgehead atoms. The highest BCUT2D eigenvalue weighted by Gasteiger charge is 2.28. The minimum atomic E-state index is -4.08. The summed E-state index contributed by atoms with van der Waals surface area (Å²) < 4.78 is 28.5. The normalized spacial score (nSPS) is 11.8. The van der Waals surface area contributed by atoms with Crippen LogP contribution < -0.4 is 0 Å². The first-order chi connectivity index (χ1) is 15.9. The molecule has 1 heterocycles. The Labute approximate surface area is 198 Å². The molecule has 4 rings (SSSR count). The lowest BCUT2D eigenvalue weighted by atomic mass is 10.1. The largest absolute Gasteiger partial charge is 0.293 e. The summed E-state index contributed by atoms with van der Waals surface area (Å²) in [4.78, 5) is 23.9. The van der Waals surface area contributed by atoms with E-state index in [9.17, 15) is 23.3 Å². The average Bonchev–Trinajstić information content (AvgIpc) is 3.17. The van der Waals surface area contributed by atoms with Gasteiger partial charge in [-0.15, -0.1) is 0 Å². The number of ketones is 1. The third-order valence-corrected chi connectivity index (χ3v) is 7.35. The van der Waals surface area contributed by atoms with Crippen LogP contribution >= 0.6 is 15.9 Å². The van der Waals surface area contributed by atoms with E-state index in [4.69, 9.17) is 0 Å². The highest BCUT2D eigenvalue weighted by atomic mass is 79.9. The number of rotatable bonds is 7. The van der Waals surface area contributed by atoms with Crippen molar-refractivity contribution < 1.29 is 18.1 Å². The molecule has 0 aliphatic heterocycles. The second-order valence-corrected chi connectivity index (χ2v) is 9.41. The lowest BCUT2D eigenvalue weighted by Gasteiger charge is -2.11. The third kappa shape index (κ3) is 4.12. The molecule has 0 atom stereocenters. The van der Waals surface area contributed by atoms with Gasteiger partial charge in [0, 0.05) is 11.5 Å². The molecule has 0 saturated heterocycles. The molecule has 1 aromatic heterocycles. The van der Waals surface area contributed by atoms with Crippen LogP contribution in [0.2, 0.25) is 0 Å². The van der Waals surface area contributed by atoms with E-state index in [0.717, 1.165) is 3.97 Å². The van der Waals surface area contributed by atoms with Crippen molar-refractivity contribution in [3.8, 4) is 0 Å². The minimum absolute atomic E-state index is 0.0152. The third-order valence-electron chi connectivity index (χ3n) is 5.10. The van der Waals surface area contributed by atoms with Crippen molar-refractivity contribution in [3.05, 3.63) is 106 Å². The fourth-order valence-corrected chi connectivity index (χ4v) is 5.48. The Morgan fingerprint density at radius 2 is 1.58 bits per heavy atom. The molecule has 0 radical (unpaired) electrons. The maximum absolute atomic E-state index is 13.7. The number of halogens is 1. The molecule has 166 valence electrons. The highest BCUT2D eigenvalue weighted by molar-refractivity contribution is 9.09. The van der Waals surface area contributed by atoms with E-state index in [1.165, 1.54) is 30.4 Å². The lowest BCUT2D eigenvalue weighted by Crippen LogP contribution is -2.15. The number of nitro benzene ring substituents is 1. The Morgan fingerprint density at radius 3 is 2.27 bits per heavy atom. The summed E-state index contributed by atoms with van der Waals surface area (Å²) in [6.07, 6.45) is 2.90. The smallest absolute Gasteiger partial charge is 0.276 e. The number of carbonyl (C=O) groups excluding carboxylic acids is 1. The van der Waals surface area contributed by atoms with E-state index in [1.807, 2.05) is 0 Å². The molecule has 7 nitrogen and oxygen atoms in total. The number of Topliss-reactive ketones (excluding diaryl/α,β-unsaturated/α-hetero) is 1. The summed E-state index contributed by atoms with van der Waals surface area (Å²) in [5, 5.41) is 11.9. The van der Waals surface area contributed by atoms with Crippen LogP contribution in [0.4, 0.5) is 5.69 Å². The van der Waals surface area contributed by atoms with Crippen LogP contribution in [0.25, 0.3) is 23.1 Å². The van der Waals surface area contributed by atoms with Crippen molar-refractivity contribution >= 4 is 60.5 Å². The van der Waals surface area contributed by atoms with Crippen molar-refractivity contribution in [1.82, 2.24) is 3.97 Å². The maximum atomic E-state index is 13.7. The van der Waals surface area contributed by atoms with Gasteiger partial charge >= 0.3 is 0 Å². The molecule has 33 heavy (non-hydrogen) atoms. The van der Waals surface area contributed by atoms with E-state index in [2.05, 4.69) is 15.9 Å². The van der Waals surface area contributed by atoms with Gasteiger partial charge in [-0.25, -0.2) is 12.4 Å². The molecule has 0 amide bonds. The molecule has 0 unspecified atom stereocenters. The molecule has 0 N–H and O–H groups in total. The number of fused-ring (bicyclic) bond motifs is 1. The Hall–Kier alpha value is -3.56. The van der Waals surface area contributed by atoms with E-state index in [-0.39, 0.29) is 38.5 Å². The fraction of sp³-hybridized carbons (Fsp3) is 0.0417. The molecular formula is C24H17BrN2O5S. The molecule has 0 aliphatic rings. The zero-order valence-electron chi connectivity index (χ0n) is 17.1. The fourth-order valence-electron chi connectivity index (χ4n) is 3.66. The van der Waals surface area contributed by atoms with Crippen LogP contribution in [-0.2, 0) is 10.0 Å². The van der Waals surface area contributed by atoms with Crippen molar-refractivity contribution in [1.29, 1.82) is 0 Å². The first-order valence-corrected chi connectivity index (χ1v) is 12.4. The van der Waals surface area contributed by atoms with Crippen LogP contribution in [0.5, 0.6) is 0 Å². The first kappa shape index (κ1) is 22.6. The minimum Gasteiger partial charge on any atom is -0.293 e. The van der Waals surface area contributed by atoms with Gasteiger partial charge in [0.1, 0.15) is 0 Å². The van der Waals surface area contributed by atoms with E-state index in [0.29, 0.717) is 10.9 Å². The molecule has 0 spiro atoms. The van der Waals surface area contributed by atoms with Crippen LogP contribution in [-0.4, -0.2) is 28.4 Å². The number of benzene rings is 3. The molecule has 9 heteroatoms. The number of alkyl halides is 1. The Morgan fingerprint density at radius 1 is 0.939 bits per heavy atom. The number of carbonyl (C=O) groups is 1. The Balaban J connectivity index is 2.06. The van der Waals surface area contributed by atoms with E-state index >= 15 is 0 Å². The van der Waals surface area contributed by atoms with Crippen molar-refractivity contribution in [2.24, 2.45) is 0 Å². The number of hydrogen-bond acceptors (Lipinski definition) is 5. The standard InChI is InChI=1S/C24H17BrN2O5S/c25-16-23(28)24-19-11-5-7-13-21(19)26(33(31,32)18-9-2-1-3-10-18)22(24)15-14-17-8-4-6-12-20(17)27(29)30/h1-15H,16H2/b15-14+. The van der Waals surface area contributed by atoms with Gasteiger partial charge < -0.3 is 0 Å². The van der Waals surface area contributed by atoms with Gasteiger partial charge in [-0.1, -0.05) is 64.5 Å². The number of para-hydroxylation sites is 2. The Kier molecular flexibility index (Phi) is 6.26. The lowest BCUT2D eigenvalue weighted by molar-refractivity contribution is -0.385. The summed E-state index contributed by atoms with van der Waals surface area (Å²) in [6.45, 7) is 0. The zero-order valence-corrected chi connectivity index (χ0v) is 19.5. The van der Waals surface area contributed by atoms with Gasteiger partial charge in [0.25, 0.3) is 15.7 Å². The van der Waals surface area contributed by atoms with Crippen LogP contribution in [0, 0.1) is 10.1 Å². The molecular weight excluding hydrogens is 508 g/mol. The highest BCUT2D eigenvalue weighted by Crippen LogP contribution is 2.33. The molecule has 4 aromatic rings. The summed E-state index contributed by atoms with van der Waals surface area (Å²) in [7, 11) is -4.08. The van der Waals surface area contributed by atoms with Crippen LogP contribution in [0.3, 0.4) is 0 Å². The summed E-state index contributed by atoms with van der Waals surface area (Å²) in [5.74, 6) is -0.310. The molecule has 0 aliphatic carbocycles. The molecule has 0 saturated carbocycles. The van der Waals surface area contributed by atoms with Crippen molar-refractivity contribution in [2.45, 2.75) is 4.90 Å². The van der Waals surface area contributed by atoms with Gasteiger partial charge in [0.2, 0.25) is 0 Å². The van der Waals surface area contributed by atoms with Gasteiger partial charge in [-0.05, 0) is 36.4 Å². The van der Waals surface area contributed by atoms with Gasteiger partial charge in [-0.2, -0.15) is 0 Å². The van der Waals surface area contributed by atoms with Crippen molar-refractivity contribution in [3.63, 3.8) is 0 Å². The van der Waals surface area contributed by atoms with Gasteiger partial charge in [0.15, 0.2) is 5.78 Å². The molecule has 3 aromatic carbocycles. The van der Waals surface area contributed by atoms with Crippen LogP contribution in [0.1, 0.15) is 21.6 Å². The SMILES string of the molecule is O=C(CBr)c1c(/C=C/c2ccccc2[N+](=O)[O-])n(S(=O)(=O)c2ccccc2)c2ccccc12. The Bertz CT molecular complexity index is 1510. The number of nitrogens with zero attached hydrogens (tertiary/aromatic N) is 2. The second-order valence-electron chi connectivity index (χ2n) is 7.07. The van der Waals surface area contributed by atoms with Crippen LogP contribution in [0.15, 0.2) is 83.8 Å². The topological polar surface area (TPSA) is 99.3 Å². The number of aromatic nitrogens is 1. The summed E-state index contributed by atoms with van der Waals surface area (Å²) in [5.41, 5.74) is 0.844. The number of nitro groups is 1. The number of hydrogen-bond donors (Lipinski definition) is 0. The first-order valence-electron chi connectivity index (χ1n) is 9.81. The van der Waals surface area contributed by atoms with E-state index in [1.54, 1.807) is 60.7 Å². The summed E-state index contributed by atoms with van der Waals surface area (Å²) in [6, 6.07) is 20.7. The average molecular weight is 525 g/mol. The summed E-state index contributed by atoms with van der Waals surface area (Å²) >= 11 is 3.18. The van der Waals surface area contributed by atoms with E-state index < -0.39 is 14.9 Å². The second kappa shape index (κ2) is 9.13. The quantitative estimate of drug-likeness (QED) is 0.137. The zero-order chi connectivity index (χ0) is 23.6. The van der Waals surface area contributed by atoms with Crippen molar-refractivity contribution in [2.75, 3.05) is 5.33 Å². The predicted molar refractivity (Wildman–Crippen MR) is 131 cm³/mol. The van der Waals surface area contributed by atoms with Gasteiger partial charge in [0.05, 0.1) is 37.5 Å². The predicted octanol–water partition coefficient (Wildman–Crippen LogP) is 5.53. The maximum Gasteiger partial charge on any atom is 0.276 e. The molecule has 0 fully saturated rings. The monoisotopic (exact) mass is 524 g/mol.